The summed E-state index contributed by atoms with van der Waals surface area (Å²) in [5.74, 6) is -0.270. The molecule has 0 bridgehead atoms. The number of nitrogens with zero attached hydrogens (tertiary/aromatic N) is 2. The molecular formula is C21H27N3O5S2. The molecule has 0 radical (unpaired) electrons. The molecule has 3 rings (SSSR count). The summed E-state index contributed by atoms with van der Waals surface area (Å²) in [6.07, 6.45) is 2.23. The van der Waals surface area contributed by atoms with Crippen LogP contribution < -0.4 is 4.72 Å². The number of amides is 1. The molecule has 1 fully saturated rings. The third-order valence-corrected chi connectivity index (χ3v) is 8.17. The SMILES string of the molecule is Cc1cccc(NS(=O)(=O)c2cccc(C(=O)N3CCC(N(C)S(C)(=O)=O)CC3)c2)c1. The predicted octanol–water partition coefficient (Wildman–Crippen LogP) is 2.29. The number of benzene rings is 2. The van der Waals surface area contributed by atoms with Gasteiger partial charge >= 0.3 is 0 Å². The molecule has 1 amide bonds. The van der Waals surface area contributed by atoms with Crippen molar-refractivity contribution in [2.45, 2.75) is 30.7 Å². The van der Waals surface area contributed by atoms with Crippen LogP contribution in [-0.2, 0) is 20.0 Å². The summed E-state index contributed by atoms with van der Waals surface area (Å²) in [6, 6.07) is 12.8. The normalized spacial score (nSPS) is 15.8. The predicted molar refractivity (Wildman–Crippen MR) is 120 cm³/mol. The van der Waals surface area contributed by atoms with E-state index < -0.39 is 20.0 Å². The lowest BCUT2D eigenvalue weighted by Gasteiger charge is -2.35. The zero-order chi connectivity index (χ0) is 22.8. The molecule has 2 aromatic carbocycles. The van der Waals surface area contributed by atoms with Gasteiger partial charge in [-0.05, 0) is 55.7 Å². The van der Waals surface area contributed by atoms with Crippen LogP contribution in [0, 0.1) is 6.92 Å². The zero-order valence-electron chi connectivity index (χ0n) is 17.8. The first kappa shape index (κ1) is 23.2. The maximum absolute atomic E-state index is 12.9. The van der Waals surface area contributed by atoms with Crippen LogP contribution in [0.25, 0.3) is 0 Å². The van der Waals surface area contributed by atoms with Gasteiger partial charge in [-0.3, -0.25) is 9.52 Å². The van der Waals surface area contributed by atoms with Gasteiger partial charge in [0.2, 0.25) is 10.0 Å². The topological polar surface area (TPSA) is 104 Å². The monoisotopic (exact) mass is 465 g/mol. The first-order valence-corrected chi connectivity index (χ1v) is 13.2. The van der Waals surface area contributed by atoms with Crippen molar-refractivity contribution in [3.63, 3.8) is 0 Å². The van der Waals surface area contributed by atoms with Gasteiger partial charge in [-0.25, -0.2) is 21.1 Å². The third kappa shape index (κ3) is 5.63. The fourth-order valence-corrected chi connectivity index (χ4v) is 5.45. The van der Waals surface area contributed by atoms with Gasteiger partial charge in [0, 0.05) is 37.4 Å². The van der Waals surface area contributed by atoms with Gasteiger partial charge in [-0.1, -0.05) is 18.2 Å². The maximum atomic E-state index is 12.9. The van der Waals surface area contributed by atoms with Crippen molar-refractivity contribution in [3.8, 4) is 0 Å². The summed E-state index contributed by atoms with van der Waals surface area (Å²) in [4.78, 5) is 14.6. The Kier molecular flexibility index (Phi) is 6.73. The maximum Gasteiger partial charge on any atom is 0.261 e. The van der Waals surface area contributed by atoms with Gasteiger partial charge < -0.3 is 4.90 Å². The van der Waals surface area contributed by atoms with E-state index >= 15 is 0 Å². The number of likely N-dealkylation sites (tertiary alicyclic amines) is 1. The average Bonchev–Trinajstić information content (AvgIpc) is 2.72. The van der Waals surface area contributed by atoms with Crippen LogP contribution in [0.1, 0.15) is 28.8 Å². The van der Waals surface area contributed by atoms with E-state index in [4.69, 9.17) is 0 Å². The van der Waals surface area contributed by atoms with E-state index in [9.17, 15) is 21.6 Å². The number of piperidine rings is 1. The van der Waals surface area contributed by atoms with Gasteiger partial charge in [0.05, 0.1) is 11.2 Å². The average molecular weight is 466 g/mol. The van der Waals surface area contributed by atoms with E-state index in [0.717, 1.165) is 5.56 Å². The van der Waals surface area contributed by atoms with Crippen molar-refractivity contribution in [2.75, 3.05) is 31.1 Å². The molecule has 1 N–H and O–H groups in total. The van der Waals surface area contributed by atoms with Gasteiger partial charge in [-0.15, -0.1) is 0 Å². The van der Waals surface area contributed by atoms with Crippen molar-refractivity contribution in [1.82, 2.24) is 9.21 Å². The highest BCUT2D eigenvalue weighted by atomic mass is 32.2. The Balaban J connectivity index is 1.72. The standard InChI is InChI=1S/C21H27N3O5S2/c1-16-6-4-8-18(14-16)22-31(28,29)20-9-5-7-17(15-20)21(25)24-12-10-19(11-13-24)23(2)30(3,26)27/h4-9,14-15,19,22H,10-13H2,1-3H3. The number of aryl methyl sites for hydroxylation is 1. The number of hydrogen-bond donors (Lipinski definition) is 1. The molecule has 8 nitrogen and oxygen atoms in total. The van der Waals surface area contributed by atoms with Crippen molar-refractivity contribution < 1.29 is 21.6 Å². The summed E-state index contributed by atoms with van der Waals surface area (Å²) in [5.41, 5.74) is 1.66. The van der Waals surface area contributed by atoms with Crippen molar-refractivity contribution >= 4 is 31.6 Å². The molecule has 1 aliphatic rings. The highest BCUT2D eigenvalue weighted by Crippen LogP contribution is 2.22. The Bertz CT molecular complexity index is 1170. The van der Waals surface area contributed by atoms with Gasteiger partial charge in [0.25, 0.3) is 15.9 Å². The van der Waals surface area contributed by atoms with E-state index in [1.54, 1.807) is 42.3 Å². The summed E-state index contributed by atoms with van der Waals surface area (Å²) < 4.78 is 52.9. The van der Waals surface area contributed by atoms with Crippen LogP contribution in [0.3, 0.4) is 0 Å². The second-order valence-corrected chi connectivity index (χ2v) is 11.5. The van der Waals surface area contributed by atoms with Crippen LogP contribution in [0.5, 0.6) is 0 Å². The number of anilines is 1. The molecule has 168 valence electrons. The van der Waals surface area contributed by atoms with Crippen molar-refractivity contribution in [1.29, 1.82) is 0 Å². The molecule has 0 aliphatic carbocycles. The molecule has 31 heavy (non-hydrogen) atoms. The van der Waals surface area contributed by atoms with Crippen molar-refractivity contribution in [2.24, 2.45) is 0 Å². The Morgan fingerprint density at radius 3 is 2.29 bits per heavy atom. The summed E-state index contributed by atoms with van der Waals surface area (Å²) in [6.45, 7) is 2.68. The quantitative estimate of drug-likeness (QED) is 0.705. The van der Waals surface area contributed by atoms with Crippen LogP contribution in [0.2, 0.25) is 0 Å². The highest BCUT2D eigenvalue weighted by Gasteiger charge is 2.29. The Hall–Kier alpha value is -2.43. The number of carbonyl (C=O) groups is 1. The molecule has 0 unspecified atom stereocenters. The molecular weight excluding hydrogens is 438 g/mol. The summed E-state index contributed by atoms with van der Waals surface area (Å²) in [7, 11) is -5.59. The van der Waals surface area contributed by atoms with E-state index in [0.29, 0.717) is 31.6 Å². The smallest absolute Gasteiger partial charge is 0.261 e. The number of hydrogen-bond acceptors (Lipinski definition) is 5. The fourth-order valence-electron chi connectivity index (χ4n) is 3.60. The van der Waals surface area contributed by atoms with Crippen molar-refractivity contribution in [3.05, 3.63) is 59.7 Å². The number of sulfonamides is 2. The van der Waals surface area contributed by atoms with Gasteiger partial charge in [-0.2, -0.15) is 0 Å². The number of nitrogens with one attached hydrogen (secondary N) is 1. The summed E-state index contributed by atoms with van der Waals surface area (Å²) in [5, 5.41) is 0. The lowest BCUT2D eigenvalue weighted by atomic mass is 10.0. The van der Waals surface area contributed by atoms with Gasteiger partial charge in [0.1, 0.15) is 0 Å². The second kappa shape index (κ2) is 8.97. The van der Waals surface area contributed by atoms with E-state index in [1.807, 2.05) is 13.0 Å². The zero-order valence-corrected chi connectivity index (χ0v) is 19.4. The highest BCUT2D eigenvalue weighted by molar-refractivity contribution is 7.92. The minimum absolute atomic E-state index is 0.00607. The second-order valence-electron chi connectivity index (χ2n) is 7.81. The third-order valence-electron chi connectivity index (χ3n) is 5.45. The van der Waals surface area contributed by atoms with Crippen LogP contribution in [-0.4, -0.2) is 64.4 Å². The number of carbonyl (C=O) groups excluding carboxylic acids is 1. The van der Waals surface area contributed by atoms with E-state index in [1.165, 1.54) is 22.7 Å². The first-order valence-electron chi connectivity index (χ1n) is 9.89. The Labute approximate surface area is 184 Å². The Morgan fingerprint density at radius 2 is 1.68 bits per heavy atom. The minimum Gasteiger partial charge on any atom is -0.339 e. The lowest BCUT2D eigenvalue weighted by Crippen LogP contribution is -2.47. The summed E-state index contributed by atoms with van der Waals surface area (Å²) >= 11 is 0. The molecule has 0 spiro atoms. The molecule has 10 heteroatoms. The Morgan fingerprint density at radius 1 is 1.03 bits per heavy atom. The van der Waals surface area contributed by atoms with Gasteiger partial charge in [0.15, 0.2) is 0 Å². The largest absolute Gasteiger partial charge is 0.339 e. The van der Waals surface area contributed by atoms with E-state index in [-0.39, 0.29) is 22.4 Å². The van der Waals surface area contributed by atoms with Crippen LogP contribution in [0.15, 0.2) is 53.4 Å². The number of rotatable bonds is 6. The first-order chi connectivity index (χ1) is 14.5. The van der Waals surface area contributed by atoms with Crippen LogP contribution >= 0.6 is 0 Å². The molecule has 0 atom stereocenters. The molecule has 0 saturated carbocycles. The molecule has 1 saturated heterocycles. The molecule has 1 aliphatic heterocycles. The minimum atomic E-state index is -3.85. The fraction of sp³-hybridized carbons (Fsp3) is 0.381. The lowest BCUT2D eigenvalue weighted by molar-refractivity contribution is 0.0686. The molecule has 2 aromatic rings. The molecule has 1 heterocycles. The van der Waals surface area contributed by atoms with Crippen LogP contribution in [0.4, 0.5) is 5.69 Å². The molecule has 0 aromatic heterocycles. The van der Waals surface area contributed by atoms with E-state index in [2.05, 4.69) is 4.72 Å².